The summed E-state index contributed by atoms with van der Waals surface area (Å²) in [4.78, 5) is 10.5. The van der Waals surface area contributed by atoms with E-state index in [4.69, 9.17) is 14.6 Å². The van der Waals surface area contributed by atoms with E-state index in [1.54, 1.807) is 25.3 Å². The first-order valence-electron chi connectivity index (χ1n) is 5.08. The first-order chi connectivity index (χ1) is 8.52. The molecule has 0 aliphatic heterocycles. The highest BCUT2D eigenvalue weighted by atomic mass is 79.9. The third-order valence-corrected chi connectivity index (χ3v) is 2.24. The van der Waals surface area contributed by atoms with Crippen LogP contribution in [-0.4, -0.2) is 24.8 Å². The number of benzene rings is 1. The maximum absolute atomic E-state index is 10.5. The Balaban J connectivity index is 2.99. The summed E-state index contributed by atoms with van der Waals surface area (Å²) in [5.41, 5.74) is 0.659. The maximum Gasteiger partial charge on any atom is 0.328 e. The molecule has 0 saturated heterocycles. The summed E-state index contributed by atoms with van der Waals surface area (Å²) in [5, 5.41) is 8.61. The van der Waals surface area contributed by atoms with E-state index in [2.05, 4.69) is 22.5 Å². The van der Waals surface area contributed by atoms with Crippen molar-refractivity contribution in [2.24, 2.45) is 0 Å². The molecule has 0 aromatic heterocycles. The van der Waals surface area contributed by atoms with E-state index < -0.39 is 5.97 Å². The molecule has 0 aliphatic rings. The Morgan fingerprint density at radius 1 is 1.56 bits per heavy atom. The molecule has 0 atom stereocenters. The number of carboxylic acid groups (broad SMARTS) is 1. The predicted octanol–water partition coefficient (Wildman–Crippen LogP) is 3.08. The minimum Gasteiger partial charge on any atom is -0.497 e. The Morgan fingerprint density at radius 3 is 2.83 bits per heavy atom. The summed E-state index contributed by atoms with van der Waals surface area (Å²) in [7, 11) is 1.55. The zero-order valence-corrected chi connectivity index (χ0v) is 11.4. The Kier molecular flexibility index (Phi) is 5.45. The summed E-state index contributed by atoms with van der Waals surface area (Å²) >= 11 is 3.19. The lowest BCUT2D eigenvalue weighted by molar-refractivity contribution is -0.131. The molecule has 18 heavy (non-hydrogen) atoms. The fraction of sp³-hybridized carbons (Fsp3) is 0.154. The van der Waals surface area contributed by atoms with Gasteiger partial charge in [0.1, 0.15) is 18.1 Å². The number of hydrogen-bond acceptors (Lipinski definition) is 3. The van der Waals surface area contributed by atoms with Crippen molar-refractivity contribution in [1.82, 2.24) is 0 Å². The second-order valence-corrected chi connectivity index (χ2v) is 4.50. The van der Waals surface area contributed by atoms with Crippen molar-refractivity contribution < 1.29 is 19.4 Å². The van der Waals surface area contributed by atoms with Crippen LogP contribution in [0.3, 0.4) is 0 Å². The average Bonchev–Trinajstić information content (AvgIpc) is 2.34. The van der Waals surface area contributed by atoms with Crippen molar-refractivity contribution in [3.8, 4) is 11.5 Å². The van der Waals surface area contributed by atoms with E-state index in [1.807, 2.05) is 0 Å². The van der Waals surface area contributed by atoms with Crippen LogP contribution < -0.4 is 9.47 Å². The number of halogens is 1. The standard InChI is InChI=1S/C13H13BrO4/c1-9(14)8-18-12-7-11(17-2)5-3-10(12)4-6-13(15)16/h3-7H,1,8H2,2H3,(H,15,16)/b6-4+. The monoisotopic (exact) mass is 312 g/mol. The van der Waals surface area contributed by atoms with E-state index >= 15 is 0 Å². The molecule has 96 valence electrons. The molecular weight excluding hydrogens is 300 g/mol. The molecule has 4 nitrogen and oxygen atoms in total. The summed E-state index contributed by atoms with van der Waals surface area (Å²) < 4.78 is 11.3. The highest BCUT2D eigenvalue weighted by molar-refractivity contribution is 9.11. The second-order valence-electron chi connectivity index (χ2n) is 3.38. The van der Waals surface area contributed by atoms with Crippen molar-refractivity contribution in [3.05, 3.63) is 40.9 Å². The zero-order valence-electron chi connectivity index (χ0n) is 9.85. The lowest BCUT2D eigenvalue weighted by Gasteiger charge is -2.10. The summed E-state index contributed by atoms with van der Waals surface area (Å²) in [6, 6.07) is 5.15. The highest BCUT2D eigenvalue weighted by Crippen LogP contribution is 2.26. The number of aliphatic carboxylic acids is 1. The van der Waals surface area contributed by atoms with Gasteiger partial charge in [-0.25, -0.2) is 4.79 Å². The van der Waals surface area contributed by atoms with E-state index in [0.29, 0.717) is 28.2 Å². The van der Waals surface area contributed by atoms with Crippen LogP contribution in [0.25, 0.3) is 6.08 Å². The quantitative estimate of drug-likeness (QED) is 0.820. The topological polar surface area (TPSA) is 55.8 Å². The predicted molar refractivity (Wildman–Crippen MR) is 73.2 cm³/mol. The SMILES string of the molecule is C=C(Br)COc1cc(OC)ccc1/C=C/C(=O)O. The van der Waals surface area contributed by atoms with Gasteiger partial charge >= 0.3 is 5.97 Å². The Labute approximate surface area is 114 Å². The molecule has 0 aliphatic carbocycles. The molecule has 1 aromatic carbocycles. The van der Waals surface area contributed by atoms with Gasteiger partial charge in [0, 0.05) is 22.2 Å². The molecule has 0 bridgehead atoms. The molecule has 0 spiro atoms. The molecular formula is C13H13BrO4. The van der Waals surface area contributed by atoms with Gasteiger partial charge in [0.15, 0.2) is 0 Å². The lowest BCUT2D eigenvalue weighted by atomic mass is 10.1. The number of carboxylic acids is 1. The zero-order chi connectivity index (χ0) is 13.5. The Morgan fingerprint density at radius 2 is 2.28 bits per heavy atom. The van der Waals surface area contributed by atoms with Crippen LogP contribution >= 0.6 is 15.9 Å². The molecule has 0 heterocycles. The fourth-order valence-electron chi connectivity index (χ4n) is 1.22. The molecule has 0 unspecified atom stereocenters. The van der Waals surface area contributed by atoms with E-state index in [9.17, 15) is 4.79 Å². The van der Waals surface area contributed by atoms with Gasteiger partial charge in [0.2, 0.25) is 0 Å². The van der Waals surface area contributed by atoms with Crippen molar-refractivity contribution in [2.75, 3.05) is 13.7 Å². The van der Waals surface area contributed by atoms with Crippen molar-refractivity contribution >= 4 is 28.0 Å². The second kappa shape index (κ2) is 6.86. The summed E-state index contributed by atoms with van der Waals surface area (Å²) in [5.74, 6) is 0.159. The smallest absolute Gasteiger partial charge is 0.328 e. The van der Waals surface area contributed by atoms with Crippen molar-refractivity contribution in [1.29, 1.82) is 0 Å². The number of ether oxygens (including phenoxy) is 2. The van der Waals surface area contributed by atoms with Crippen LogP contribution in [-0.2, 0) is 4.79 Å². The number of hydrogen-bond donors (Lipinski definition) is 1. The molecule has 0 saturated carbocycles. The van der Waals surface area contributed by atoms with Gasteiger partial charge in [0.25, 0.3) is 0 Å². The molecule has 1 aromatic rings. The van der Waals surface area contributed by atoms with Crippen LogP contribution in [0.2, 0.25) is 0 Å². The van der Waals surface area contributed by atoms with Gasteiger partial charge < -0.3 is 14.6 Å². The first kappa shape index (κ1) is 14.3. The fourth-order valence-corrected chi connectivity index (χ4v) is 1.34. The first-order valence-corrected chi connectivity index (χ1v) is 5.87. The molecule has 0 fully saturated rings. The van der Waals surface area contributed by atoms with Crippen LogP contribution in [0.1, 0.15) is 5.56 Å². The van der Waals surface area contributed by atoms with Gasteiger partial charge in [0.05, 0.1) is 7.11 Å². The Bertz CT molecular complexity index is 480. The molecule has 0 radical (unpaired) electrons. The van der Waals surface area contributed by atoms with Crippen molar-refractivity contribution in [3.63, 3.8) is 0 Å². The van der Waals surface area contributed by atoms with Crippen molar-refractivity contribution in [2.45, 2.75) is 0 Å². The maximum atomic E-state index is 10.5. The molecule has 0 amide bonds. The number of methoxy groups -OCH3 is 1. The van der Waals surface area contributed by atoms with Crippen LogP contribution in [0.15, 0.2) is 35.3 Å². The van der Waals surface area contributed by atoms with Gasteiger partial charge in [-0.2, -0.15) is 0 Å². The van der Waals surface area contributed by atoms with Gasteiger partial charge in [-0.3, -0.25) is 0 Å². The molecule has 5 heteroatoms. The third-order valence-electron chi connectivity index (χ3n) is 2.01. The molecule has 1 rings (SSSR count). The summed E-state index contributed by atoms with van der Waals surface area (Å²) in [6.45, 7) is 3.96. The van der Waals surface area contributed by atoms with Gasteiger partial charge in [-0.1, -0.05) is 22.5 Å². The average molecular weight is 313 g/mol. The van der Waals surface area contributed by atoms with Crippen LogP contribution in [0, 0.1) is 0 Å². The number of carbonyl (C=O) groups is 1. The third kappa shape index (κ3) is 4.63. The normalized spacial score (nSPS) is 10.3. The van der Waals surface area contributed by atoms with Gasteiger partial charge in [-0.15, -0.1) is 0 Å². The Hall–Kier alpha value is -1.75. The molecule has 1 N–H and O–H groups in total. The minimum absolute atomic E-state index is 0.293. The number of rotatable bonds is 6. The van der Waals surface area contributed by atoms with E-state index in [0.717, 1.165) is 6.08 Å². The largest absolute Gasteiger partial charge is 0.497 e. The lowest BCUT2D eigenvalue weighted by Crippen LogP contribution is -1.98. The minimum atomic E-state index is -1.01. The van der Waals surface area contributed by atoms with E-state index in [1.165, 1.54) is 6.08 Å². The highest BCUT2D eigenvalue weighted by Gasteiger charge is 2.04. The van der Waals surface area contributed by atoms with Crippen LogP contribution in [0.5, 0.6) is 11.5 Å². The summed E-state index contributed by atoms with van der Waals surface area (Å²) in [6.07, 6.45) is 2.52. The van der Waals surface area contributed by atoms with Gasteiger partial charge in [-0.05, 0) is 18.2 Å². The van der Waals surface area contributed by atoms with E-state index in [-0.39, 0.29) is 0 Å². The van der Waals surface area contributed by atoms with Crippen LogP contribution in [0.4, 0.5) is 0 Å².